The van der Waals surface area contributed by atoms with Gasteiger partial charge in [-0.15, -0.1) is 0 Å². The number of hydrogen-bond acceptors (Lipinski definition) is 4. The molecular formula is C10H15N3O3S. The maximum absolute atomic E-state index is 11.4. The van der Waals surface area contributed by atoms with Gasteiger partial charge in [0.1, 0.15) is 0 Å². The van der Waals surface area contributed by atoms with Crippen molar-refractivity contribution in [1.29, 1.82) is 0 Å². The van der Waals surface area contributed by atoms with Gasteiger partial charge in [0.25, 0.3) is 0 Å². The van der Waals surface area contributed by atoms with Gasteiger partial charge in [-0.05, 0) is 31.5 Å². The largest absolute Gasteiger partial charge is 0.324 e. The van der Waals surface area contributed by atoms with Gasteiger partial charge in [-0.3, -0.25) is 4.79 Å². The summed E-state index contributed by atoms with van der Waals surface area (Å²) in [6.07, 6.45) is 0. The molecule has 1 atom stereocenters. The van der Waals surface area contributed by atoms with E-state index < -0.39 is 16.1 Å². The van der Waals surface area contributed by atoms with Gasteiger partial charge >= 0.3 is 0 Å². The van der Waals surface area contributed by atoms with Crippen molar-refractivity contribution in [3.8, 4) is 0 Å². The van der Waals surface area contributed by atoms with Crippen LogP contribution in [0.2, 0.25) is 0 Å². The number of hydrogen-bond donors (Lipinski definition) is 3. The molecule has 7 heteroatoms. The molecule has 1 unspecified atom stereocenters. The molecule has 0 radical (unpaired) electrons. The van der Waals surface area contributed by atoms with Gasteiger partial charge in [-0.2, -0.15) is 0 Å². The number of carbonyl (C=O) groups is 1. The summed E-state index contributed by atoms with van der Waals surface area (Å²) in [4.78, 5) is 11.4. The number of carbonyl (C=O) groups excluding carboxylic acids is 1. The second kappa shape index (κ2) is 4.82. The topological polar surface area (TPSA) is 115 Å². The molecule has 0 fully saturated rings. The molecule has 5 N–H and O–H groups in total. The van der Waals surface area contributed by atoms with E-state index in [1.165, 1.54) is 19.1 Å². The molecule has 1 aromatic rings. The zero-order valence-corrected chi connectivity index (χ0v) is 10.4. The Kier molecular flexibility index (Phi) is 3.87. The fourth-order valence-electron chi connectivity index (χ4n) is 1.30. The number of primary sulfonamides is 1. The van der Waals surface area contributed by atoms with Crippen molar-refractivity contribution in [2.24, 2.45) is 10.9 Å². The van der Waals surface area contributed by atoms with Gasteiger partial charge in [0.05, 0.1) is 10.9 Å². The summed E-state index contributed by atoms with van der Waals surface area (Å²) in [6.45, 7) is 3.10. The highest BCUT2D eigenvalue weighted by Gasteiger charge is 2.15. The van der Waals surface area contributed by atoms with E-state index in [0.29, 0.717) is 11.3 Å². The highest BCUT2D eigenvalue weighted by atomic mass is 32.2. The smallest absolute Gasteiger partial charge is 0.241 e. The first-order chi connectivity index (χ1) is 7.73. The Bertz CT molecular complexity index is 538. The molecule has 0 heterocycles. The fraction of sp³-hybridized carbons (Fsp3) is 0.300. The van der Waals surface area contributed by atoms with Crippen LogP contribution in [0.4, 0.5) is 5.69 Å². The van der Waals surface area contributed by atoms with Crippen LogP contribution < -0.4 is 16.2 Å². The average molecular weight is 257 g/mol. The quantitative estimate of drug-likeness (QED) is 0.702. The van der Waals surface area contributed by atoms with Crippen LogP contribution in [0.1, 0.15) is 12.5 Å². The van der Waals surface area contributed by atoms with Crippen molar-refractivity contribution in [2.75, 3.05) is 5.32 Å². The molecule has 0 spiro atoms. The van der Waals surface area contributed by atoms with E-state index in [1.807, 2.05) is 0 Å². The van der Waals surface area contributed by atoms with Gasteiger partial charge < -0.3 is 11.1 Å². The second-order valence-electron chi connectivity index (χ2n) is 3.75. The average Bonchev–Trinajstić information content (AvgIpc) is 2.19. The predicted molar refractivity (Wildman–Crippen MR) is 64.8 cm³/mol. The molecule has 0 aromatic heterocycles. The number of benzene rings is 1. The van der Waals surface area contributed by atoms with Crippen LogP contribution >= 0.6 is 0 Å². The first-order valence-electron chi connectivity index (χ1n) is 4.92. The van der Waals surface area contributed by atoms with Crippen LogP contribution in [0.25, 0.3) is 0 Å². The Morgan fingerprint density at radius 3 is 2.47 bits per heavy atom. The van der Waals surface area contributed by atoms with Crippen LogP contribution in [0.5, 0.6) is 0 Å². The summed E-state index contributed by atoms with van der Waals surface area (Å²) in [5, 5.41) is 7.59. The number of sulfonamides is 1. The van der Waals surface area contributed by atoms with Crippen molar-refractivity contribution >= 4 is 21.6 Å². The summed E-state index contributed by atoms with van der Waals surface area (Å²) in [6, 6.07) is 3.80. The molecule has 1 amide bonds. The SMILES string of the molecule is Cc1c(NC(=O)C(C)N)cccc1S(N)(=O)=O. The Labute approximate surface area is 100 Å². The monoisotopic (exact) mass is 257 g/mol. The highest BCUT2D eigenvalue weighted by molar-refractivity contribution is 7.89. The van der Waals surface area contributed by atoms with Crippen LogP contribution in [0.3, 0.4) is 0 Å². The summed E-state index contributed by atoms with van der Waals surface area (Å²) >= 11 is 0. The molecule has 94 valence electrons. The van der Waals surface area contributed by atoms with E-state index in [0.717, 1.165) is 0 Å². The number of anilines is 1. The molecule has 0 aliphatic rings. The van der Waals surface area contributed by atoms with Crippen LogP contribution in [0, 0.1) is 6.92 Å². The third-order valence-electron chi connectivity index (χ3n) is 2.26. The fourth-order valence-corrected chi connectivity index (χ4v) is 2.11. The lowest BCUT2D eigenvalue weighted by Gasteiger charge is -2.12. The lowest BCUT2D eigenvalue weighted by atomic mass is 10.2. The first-order valence-corrected chi connectivity index (χ1v) is 6.47. The lowest BCUT2D eigenvalue weighted by molar-refractivity contribution is -0.117. The maximum Gasteiger partial charge on any atom is 0.241 e. The van der Waals surface area contributed by atoms with Crippen molar-refractivity contribution in [3.05, 3.63) is 23.8 Å². The normalized spacial score (nSPS) is 13.2. The summed E-state index contributed by atoms with van der Waals surface area (Å²) < 4.78 is 22.5. The van der Waals surface area contributed by atoms with Gasteiger partial charge in [-0.1, -0.05) is 6.07 Å². The molecule has 17 heavy (non-hydrogen) atoms. The first kappa shape index (κ1) is 13.6. The molecule has 6 nitrogen and oxygen atoms in total. The lowest BCUT2D eigenvalue weighted by Crippen LogP contribution is -2.32. The van der Waals surface area contributed by atoms with Crippen molar-refractivity contribution in [3.63, 3.8) is 0 Å². The molecule has 1 rings (SSSR count). The van der Waals surface area contributed by atoms with E-state index >= 15 is 0 Å². The van der Waals surface area contributed by atoms with E-state index in [2.05, 4.69) is 5.32 Å². The van der Waals surface area contributed by atoms with E-state index in [1.54, 1.807) is 13.0 Å². The number of nitrogens with one attached hydrogen (secondary N) is 1. The van der Waals surface area contributed by atoms with Gasteiger partial charge in [-0.25, -0.2) is 13.6 Å². The van der Waals surface area contributed by atoms with Crippen molar-refractivity contribution in [2.45, 2.75) is 24.8 Å². The molecular weight excluding hydrogens is 242 g/mol. The predicted octanol–water partition coefficient (Wildman–Crippen LogP) is -0.0719. The Morgan fingerprint density at radius 1 is 1.41 bits per heavy atom. The number of amides is 1. The van der Waals surface area contributed by atoms with Gasteiger partial charge in [0.2, 0.25) is 15.9 Å². The van der Waals surface area contributed by atoms with Gasteiger partial charge in [0, 0.05) is 5.69 Å². The zero-order chi connectivity index (χ0) is 13.2. The molecule has 1 aromatic carbocycles. The van der Waals surface area contributed by atoms with Crippen molar-refractivity contribution < 1.29 is 13.2 Å². The van der Waals surface area contributed by atoms with Crippen LogP contribution in [0.15, 0.2) is 23.1 Å². The minimum atomic E-state index is -3.79. The standard InChI is InChI=1S/C10H15N3O3S/c1-6-8(13-10(14)7(2)11)4-3-5-9(6)17(12,15)16/h3-5,7H,11H2,1-2H3,(H,13,14)(H2,12,15,16). The Hall–Kier alpha value is -1.44. The Balaban J connectivity index is 3.16. The van der Waals surface area contributed by atoms with E-state index in [-0.39, 0.29) is 10.8 Å². The number of rotatable bonds is 3. The molecule has 0 aliphatic carbocycles. The number of nitrogens with two attached hydrogens (primary N) is 2. The summed E-state index contributed by atoms with van der Waals surface area (Å²) in [5.41, 5.74) is 6.18. The minimum absolute atomic E-state index is 0.0139. The minimum Gasteiger partial charge on any atom is -0.324 e. The van der Waals surface area contributed by atoms with Crippen molar-refractivity contribution in [1.82, 2.24) is 0 Å². The third kappa shape index (κ3) is 3.26. The zero-order valence-electron chi connectivity index (χ0n) is 9.60. The van der Waals surface area contributed by atoms with Crippen LogP contribution in [-0.2, 0) is 14.8 Å². The molecule has 0 saturated heterocycles. The van der Waals surface area contributed by atoms with E-state index in [9.17, 15) is 13.2 Å². The molecule has 0 bridgehead atoms. The maximum atomic E-state index is 11.4. The highest BCUT2D eigenvalue weighted by Crippen LogP contribution is 2.21. The second-order valence-corrected chi connectivity index (χ2v) is 5.28. The molecule has 0 saturated carbocycles. The van der Waals surface area contributed by atoms with E-state index in [4.69, 9.17) is 10.9 Å². The third-order valence-corrected chi connectivity index (χ3v) is 3.32. The summed E-state index contributed by atoms with van der Waals surface area (Å²) in [5.74, 6) is -0.389. The van der Waals surface area contributed by atoms with Crippen LogP contribution in [-0.4, -0.2) is 20.4 Å². The Morgan fingerprint density at radius 2 is 2.00 bits per heavy atom. The summed E-state index contributed by atoms with van der Waals surface area (Å²) in [7, 11) is -3.79. The van der Waals surface area contributed by atoms with Gasteiger partial charge in [0.15, 0.2) is 0 Å². The molecule has 0 aliphatic heterocycles.